The molecule has 4 N–H and O–H groups in total. The molecule has 0 atom stereocenters. The van der Waals surface area contributed by atoms with E-state index >= 15 is 0 Å². The van der Waals surface area contributed by atoms with Gasteiger partial charge in [0, 0.05) is 63.5 Å². The van der Waals surface area contributed by atoms with Gasteiger partial charge in [0.15, 0.2) is 0 Å². The number of methoxy groups -OCH3 is 1. The number of carbonyl (C=O) groups excluding carboxylic acids is 4. The quantitative estimate of drug-likeness (QED) is 0.0597. The number of benzene rings is 2. The number of likely N-dealkylation sites (N-methyl/N-ethyl adjacent to an activating group) is 1. The molecule has 326 valence electrons. The number of amides is 3. The van der Waals surface area contributed by atoms with Crippen molar-refractivity contribution in [1.82, 2.24) is 43.7 Å². The number of primary amides is 1. The summed E-state index contributed by atoms with van der Waals surface area (Å²) < 4.78 is 17.4. The van der Waals surface area contributed by atoms with Gasteiger partial charge in [0.25, 0.3) is 11.8 Å². The number of piperazine rings is 1. The van der Waals surface area contributed by atoms with Crippen LogP contribution in [0.25, 0.3) is 22.1 Å². The van der Waals surface area contributed by atoms with Gasteiger partial charge >= 0.3 is 0 Å². The number of nitrogens with one attached hydrogen (secondary N) is 2. The van der Waals surface area contributed by atoms with Crippen LogP contribution in [0.3, 0.4) is 0 Å². The third-order valence-corrected chi connectivity index (χ3v) is 11.7. The minimum absolute atomic E-state index is 0.201. The van der Waals surface area contributed by atoms with Crippen LogP contribution in [-0.2, 0) is 26.1 Å². The molecule has 62 heavy (non-hydrogen) atoms. The highest BCUT2D eigenvalue weighted by Gasteiger charge is 2.24. The fraction of sp³-hybridized carbons (Fsp3) is 0.395. The zero-order chi connectivity index (χ0) is 44.1. The normalized spacial score (nSPS) is 13.6. The average molecular weight is 865 g/mol. The largest absolute Gasteiger partial charge is 0.494 e. The van der Waals surface area contributed by atoms with E-state index in [4.69, 9.17) is 25.2 Å². The molecule has 7 rings (SSSR count). The molecule has 0 spiro atoms. The number of aryl methyl sites for hydroxylation is 4. The minimum atomic E-state index is -0.640. The van der Waals surface area contributed by atoms with Crippen molar-refractivity contribution < 1.29 is 28.7 Å². The van der Waals surface area contributed by atoms with Crippen LogP contribution in [0.1, 0.15) is 77.5 Å². The Morgan fingerprint density at radius 1 is 0.871 bits per heavy atom. The summed E-state index contributed by atoms with van der Waals surface area (Å²) in [6.45, 7) is 13.6. The van der Waals surface area contributed by atoms with Crippen LogP contribution in [0.5, 0.6) is 11.5 Å². The first kappa shape index (κ1) is 43.6. The molecule has 2 aromatic carbocycles. The van der Waals surface area contributed by atoms with Gasteiger partial charge in [-0.1, -0.05) is 19.1 Å². The van der Waals surface area contributed by atoms with E-state index in [1.54, 1.807) is 39.6 Å². The lowest BCUT2D eigenvalue weighted by atomic mass is 10.1. The number of hydrogen-bond donors (Lipinski definition) is 3. The molecule has 0 aliphatic carbocycles. The van der Waals surface area contributed by atoms with Crippen LogP contribution in [0.15, 0.2) is 42.5 Å². The molecule has 0 bridgehead atoms. The smallest absolute Gasteiger partial charge is 0.276 e. The maximum atomic E-state index is 13.8. The number of imidazole rings is 2. The van der Waals surface area contributed by atoms with Crippen molar-refractivity contribution in [3.63, 3.8) is 0 Å². The van der Waals surface area contributed by atoms with E-state index in [2.05, 4.69) is 37.6 Å². The molecule has 1 fully saturated rings. The van der Waals surface area contributed by atoms with E-state index in [1.165, 1.54) is 18.4 Å². The van der Waals surface area contributed by atoms with Crippen molar-refractivity contribution in [2.24, 2.45) is 5.73 Å². The second-order valence-electron chi connectivity index (χ2n) is 15.1. The van der Waals surface area contributed by atoms with Crippen LogP contribution in [0.2, 0.25) is 0 Å². The van der Waals surface area contributed by atoms with Crippen molar-refractivity contribution in [1.29, 1.82) is 0 Å². The van der Waals surface area contributed by atoms with E-state index in [1.807, 2.05) is 44.4 Å². The highest BCUT2D eigenvalue weighted by atomic mass is 32.1. The van der Waals surface area contributed by atoms with Crippen LogP contribution >= 0.6 is 11.3 Å². The number of carbonyl (C=O) groups is 4. The second kappa shape index (κ2) is 19.1. The van der Waals surface area contributed by atoms with Crippen molar-refractivity contribution >= 4 is 69.3 Å². The number of nitrogens with two attached hydrogens (primary N) is 1. The fourth-order valence-electron chi connectivity index (χ4n) is 7.59. The first-order valence-electron chi connectivity index (χ1n) is 20.6. The van der Waals surface area contributed by atoms with Gasteiger partial charge in [-0.05, 0) is 71.0 Å². The van der Waals surface area contributed by atoms with Crippen molar-refractivity contribution in [3.05, 3.63) is 80.6 Å². The van der Waals surface area contributed by atoms with Crippen LogP contribution in [0, 0.1) is 13.8 Å². The molecule has 0 saturated carbocycles. The molecule has 5 heterocycles. The molecule has 0 unspecified atom stereocenters. The van der Waals surface area contributed by atoms with Gasteiger partial charge in [-0.2, -0.15) is 5.10 Å². The first-order chi connectivity index (χ1) is 29.9. The molecule has 1 saturated heterocycles. The summed E-state index contributed by atoms with van der Waals surface area (Å²) in [5, 5.41) is 11.2. The number of nitrogens with zero attached hydrogens (tertiary/aromatic N) is 9. The number of aromatic nitrogens is 7. The number of ether oxygens (including phenoxy) is 2. The zero-order valence-corrected chi connectivity index (χ0v) is 36.7. The number of hydrogen-bond acceptors (Lipinski definition) is 13. The second-order valence-corrected chi connectivity index (χ2v) is 16.3. The number of rotatable bonds is 18. The molecule has 3 amide bonds. The summed E-state index contributed by atoms with van der Waals surface area (Å²) in [7, 11) is 3.63. The molecular formula is C43H52N12O6S. The SMILES string of the molecule is CCc1nc(C)sc1C(=O)Nc1nc2cc(C=O)cc(OC)c2n1C/C=C/Cn1c(NC(=O)c2cc(C)nn2CC)nc2cc(C(N)=O)cc(OCCCN3CCN(C)CC3)c21. The maximum Gasteiger partial charge on any atom is 0.276 e. The number of thiazole rings is 1. The van der Waals surface area contributed by atoms with Gasteiger partial charge in [0.1, 0.15) is 39.4 Å². The van der Waals surface area contributed by atoms with Gasteiger partial charge in [-0.3, -0.25) is 34.5 Å². The summed E-state index contributed by atoms with van der Waals surface area (Å²) in [6, 6.07) is 8.18. The Labute approximate surface area is 362 Å². The van der Waals surface area contributed by atoms with Crippen molar-refractivity contribution in [3.8, 4) is 11.5 Å². The van der Waals surface area contributed by atoms with Gasteiger partial charge in [0.2, 0.25) is 17.8 Å². The van der Waals surface area contributed by atoms with Gasteiger partial charge in [-0.25, -0.2) is 15.0 Å². The third kappa shape index (κ3) is 9.39. The lowest BCUT2D eigenvalue weighted by Crippen LogP contribution is -2.44. The van der Waals surface area contributed by atoms with E-state index in [9.17, 15) is 19.2 Å². The van der Waals surface area contributed by atoms with Crippen molar-refractivity contribution in [2.45, 2.75) is 60.2 Å². The highest BCUT2D eigenvalue weighted by molar-refractivity contribution is 7.13. The van der Waals surface area contributed by atoms with Gasteiger partial charge in [-0.15, -0.1) is 11.3 Å². The van der Waals surface area contributed by atoms with Crippen molar-refractivity contribution in [2.75, 3.05) is 64.1 Å². The molecule has 19 heteroatoms. The summed E-state index contributed by atoms with van der Waals surface area (Å²) >= 11 is 1.31. The zero-order valence-electron chi connectivity index (χ0n) is 35.9. The lowest BCUT2D eigenvalue weighted by molar-refractivity contribution is 0.0995. The van der Waals surface area contributed by atoms with Crippen LogP contribution < -0.4 is 25.8 Å². The Hall–Kier alpha value is -6.44. The molecule has 1 aliphatic heterocycles. The molecule has 4 aromatic heterocycles. The molecular weight excluding hydrogens is 813 g/mol. The molecule has 0 radical (unpaired) electrons. The maximum absolute atomic E-state index is 13.8. The van der Waals surface area contributed by atoms with Gasteiger partial charge in [0.05, 0.1) is 41.1 Å². The van der Waals surface area contributed by atoms with E-state index in [0.29, 0.717) is 86.9 Å². The topological polar surface area (TPSA) is 210 Å². The Morgan fingerprint density at radius 2 is 1.53 bits per heavy atom. The Kier molecular flexibility index (Phi) is 13.4. The Morgan fingerprint density at radius 3 is 2.16 bits per heavy atom. The molecule has 18 nitrogen and oxygen atoms in total. The van der Waals surface area contributed by atoms with Gasteiger partial charge < -0.3 is 34.1 Å². The lowest BCUT2D eigenvalue weighted by Gasteiger charge is -2.32. The fourth-order valence-corrected chi connectivity index (χ4v) is 8.49. The first-order valence-corrected chi connectivity index (χ1v) is 21.4. The number of allylic oxidation sites excluding steroid dienone is 2. The van der Waals surface area contributed by atoms with E-state index in [0.717, 1.165) is 44.2 Å². The number of anilines is 2. The predicted octanol–water partition coefficient (Wildman–Crippen LogP) is 4.94. The predicted molar refractivity (Wildman–Crippen MR) is 238 cm³/mol. The molecule has 1 aliphatic rings. The third-order valence-electron chi connectivity index (χ3n) is 10.7. The number of fused-ring (bicyclic) bond motifs is 2. The Bertz CT molecular complexity index is 2670. The summed E-state index contributed by atoms with van der Waals surface area (Å²) in [4.78, 5) is 71.2. The number of aldehydes is 1. The summed E-state index contributed by atoms with van der Waals surface area (Å²) in [6.07, 6.45) is 5.83. The van der Waals surface area contributed by atoms with Crippen LogP contribution in [-0.4, -0.2) is 121 Å². The van der Waals surface area contributed by atoms with Crippen LogP contribution in [0.4, 0.5) is 11.9 Å². The van der Waals surface area contributed by atoms with E-state index in [-0.39, 0.29) is 36.5 Å². The van der Waals surface area contributed by atoms with E-state index < -0.39 is 11.8 Å². The monoisotopic (exact) mass is 864 g/mol. The summed E-state index contributed by atoms with van der Waals surface area (Å²) in [5.41, 5.74) is 10.1. The molecule has 6 aromatic rings. The highest BCUT2D eigenvalue weighted by Crippen LogP contribution is 2.33. The summed E-state index contributed by atoms with van der Waals surface area (Å²) in [5.74, 6) is -0.127. The minimum Gasteiger partial charge on any atom is -0.494 e. The standard InChI is InChI=1S/C43H52N12O6S/c1-7-30-38(62-27(4)45-30)41(59)49-43-46-31-21-28(25-56)22-34(60-6)36(31)53(43)13-9-10-14-54-37-32(47-42(54)48-40(58)33-20-26(3)50-55(33)8-2)23-29(39(44)57)24-35(37)61-19-11-12-52-17-15-51(5)16-18-52/h9-10,20-25H,7-8,11-19H2,1-6H3,(H2,44,57)(H,46,49,59)(H,47,48,58)/b10-9+. The average Bonchev–Trinajstić information content (AvgIpc) is 4.03. The Balaban J connectivity index is 1.24.